The highest BCUT2D eigenvalue weighted by Crippen LogP contribution is 2.26. The van der Waals surface area contributed by atoms with Crippen molar-refractivity contribution < 1.29 is 19.0 Å². The number of halogens is 1. The van der Waals surface area contributed by atoms with Crippen molar-refractivity contribution in [3.05, 3.63) is 29.6 Å². The second-order valence-electron chi connectivity index (χ2n) is 4.07. The number of anilines is 1. The molecule has 0 spiro atoms. The number of nitrogens with zero attached hydrogens (tertiary/aromatic N) is 1. The van der Waals surface area contributed by atoms with Crippen LogP contribution in [0.4, 0.5) is 10.1 Å². The third kappa shape index (κ3) is 2.39. The summed E-state index contributed by atoms with van der Waals surface area (Å²) in [4.78, 5) is 12.8. The minimum absolute atomic E-state index is 0.000833. The zero-order valence-corrected chi connectivity index (χ0v) is 9.52. The van der Waals surface area contributed by atoms with Gasteiger partial charge in [0.05, 0.1) is 24.0 Å². The SMILES string of the molecule is CC1CN(c2c(F)cccc2C(=O)O)CCO1. The van der Waals surface area contributed by atoms with Gasteiger partial charge in [-0.05, 0) is 19.1 Å². The van der Waals surface area contributed by atoms with Crippen LogP contribution >= 0.6 is 0 Å². The first-order valence-electron chi connectivity index (χ1n) is 5.48. The number of morpholine rings is 1. The third-order valence-corrected chi connectivity index (χ3v) is 2.77. The van der Waals surface area contributed by atoms with E-state index < -0.39 is 11.8 Å². The summed E-state index contributed by atoms with van der Waals surface area (Å²) in [6.07, 6.45) is -0.0231. The Labute approximate surface area is 98.6 Å². The van der Waals surface area contributed by atoms with Crippen LogP contribution in [0.15, 0.2) is 18.2 Å². The van der Waals surface area contributed by atoms with Crippen LogP contribution in [-0.2, 0) is 4.74 Å². The molecule has 1 N–H and O–H groups in total. The van der Waals surface area contributed by atoms with Crippen molar-refractivity contribution in [3.63, 3.8) is 0 Å². The van der Waals surface area contributed by atoms with E-state index >= 15 is 0 Å². The van der Waals surface area contributed by atoms with Gasteiger partial charge in [-0.2, -0.15) is 0 Å². The fourth-order valence-corrected chi connectivity index (χ4v) is 2.03. The van der Waals surface area contributed by atoms with Gasteiger partial charge in [-0.25, -0.2) is 9.18 Å². The molecular weight excluding hydrogens is 225 g/mol. The lowest BCUT2D eigenvalue weighted by molar-refractivity contribution is 0.0525. The van der Waals surface area contributed by atoms with Gasteiger partial charge >= 0.3 is 5.97 Å². The number of benzene rings is 1. The van der Waals surface area contributed by atoms with Crippen LogP contribution in [0.3, 0.4) is 0 Å². The van der Waals surface area contributed by atoms with Gasteiger partial charge < -0.3 is 14.7 Å². The molecule has 4 nitrogen and oxygen atoms in total. The molecule has 92 valence electrons. The van der Waals surface area contributed by atoms with Gasteiger partial charge in [-0.1, -0.05) is 6.07 Å². The van der Waals surface area contributed by atoms with E-state index in [9.17, 15) is 9.18 Å². The van der Waals surface area contributed by atoms with E-state index in [1.165, 1.54) is 18.2 Å². The molecule has 2 rings (SSSR count). The summed E-state index contributed by atoms with van der Waals surface area (Å²) in [5, 5.41) is 9.06. The van der Waals surface area contributed by atoms with Crippen molar-refractivity contribution >= 4 is 11.7 Å². The summed E-state index contributed by atoms with van der Waals surface area (Å²) in [6.45, 7) is 3.37. The topological polar surface area (TPSA) is 49.8 Å². The normalized spacial score (nSPS) is 20.4. The molecule has 0 saturated carbocycles. The van der Waals surface area contributed by atoms with E-state index in [0.29, 0.717) is 19.7 Å². The number of hydrogen-bond donors (Lipinski definition) is 1. The number of hydrogen-bond acceptors (Lipinski definition) is 3. The van der Waals surface area contributed by atoms with Gasteiger partial charge in [0.2, 0.25) is 0 Å². The average molecular weight is 239 g/mol. The van der Waals surface area contributed by atoms with E-state index in [2.05, 4.69) is 0 Å². The molecule has 0 aliphatic carbocycles. The quantitative estimate of drug-likeness (QED) is 0.854. The van der Waals surface area contributed by atoms with Crippen LogP contribution in [0, 0.1) is 5.82 Å². The largest absolute Gasteiger partial charge is 0.478 e. The monoisotopic (exact) mass is 239 g/mol. The fraction of sp³-hybridized carbons (Fsp3) is 0.417. The Hall–Kier alpha value is -1.62. The van der Waals surface area contributed by atoms with E-state index in [1.54, 1.807) is 4.90 Å². The highest BCUT2D eigenvalue weighted by molar-refractivity contribution is 5.94. The zero-order chi connectivity index (χ0) is 12.4. The Balaban J connectivity index is 2.39. The lowest BCUT2D eigenvalue weighted by atomic mass is 10.1. The van der Waals surface area contributed by atoms with Crippen LogP contribution in [0.25, 0.3) is 0 Å². The van der Waals surface area contributed by atoms with Crippen molar-refractivity contribution in [1.29, 1.82) is 0 Å². The number of aromatic carboxylic acids is 1. The van der Waals surface area contributed by atoms with Gasteiger partial charge in [0, 0.05) is 13.1 Å². The Morgan fingerprint density at radius 3 is 3.00 bits per heavy atom. The first kappa shape index (κ1) is 11.9. The Kier molecular flexibility index (Phi) is 3.28. The van der Waals surface area contributed by atoms with Gasteiger partial charge in [0.25, 0.3) is 0 Å². The molecule has 17 heavy (non-hydrogen) atoms. The van der Waals surface area contributed by atoms with Crippen molar-refractivity contribution in [2.45, 2.75) is 13.0 Å². The number of carboxylic acid groups (broad SMARTS) is 1. The lowest BCUT2D eigenvalue weighted by Gasteiger charge is -2.33. The molecule has 1 aliphatic heterocycles. The zero-order valence-electron chi connectivity index (χ0n) is 9.52. The minimum atomic E-state index is -1.11. The van der Waals surface area contributed by atoms with Crippen LogP contribution in [0.5, 0.6) is 0 Å². The van der Waals surface area contributed by atoms with Gasteiger partial charge in [-0.15, -0.1) is 0 Å². The Morgan fingerprint density at radius 1 is 1.59 bits per heavy atom. The van der Waals surface area contributed by atoms with E-state index in [1.807, 2.05) is 6.92 Å². The molecule has 5 heteroatoms. The maximum Gasteiger partial charge on any atom is 0.337 e. The number of carbonyl (C=O) groups is 1. The summed E-state index contributed by atoms with van der Waals surface area (Å²) in [7, 11) is 0. The van der Waals surface area contributed by atoms with Crippen molar-refractivity contribution in [1.82, 2.24) is 0 Å². The molecule has 1 fully saturated rings. The van der Waals surface area contributed by atoms with Crippen molar-refractivity contribution in [2.75, 3.05) is 24.6 Å². The smallest absolute Gasteiger partial charge is 0.337 e. The molecule has 1 saturated heterocycles. The molecule has 0 radical (unpaired) electrons. The first-order chi connectivity index (χ1) is 8.09. The maximum absolute atomic E-state index is 13.8. The summed E-state index contributed by atoms with van der Waals surface area (Å²) >= 11 is 0. The van der Waals surface area contributed by atoms with Crippen LogP contribution in [-0.4, -0.2) is 36.9 Å². The molecule has 1 unspecified atom stereocenters. The summed E-state index contributed by atoms with van der Waals surface area (Å²) < 4.78 is 19.1. The summed E-state index contributed by atoms with van der Waals surface area (Å²) in [5.41, 5.74) is 0.161. The summed E-state index contributed by atoms with van der Waals surface area (Å²) in [6, 6.07) is 4.11. The Bertz CT molecular complexity index is 436. The highest BCUT2D eigenvalue weighted by Gasteiger charge is 2.24. The lowest BCUT2D eigenvalue weighted by Crippen LogP contribution is -2.42. The fourth-order valence-electron chi connectivity index (χ4n) is 2.03. The minimum Gasteiger partial charge on any atom is -0.478 e. The number of carboxylic acids is 1. The molecule has 0 bridgehead atoms. The molecule has 0 aromatic heterocycles. The average Bonchev–Trinajstić information content (AvgIpc) is 2.28. The van der Waals surface area contributed by atoms with Crippen molar-refractivity contribution in [2.24, 2.45) is 0 Å². The van der Waals surface area contributed by atoms with Crippen LogP contribution in [0.1, 0.15) is 17.3 Å². The standard InChI is InChI=1S/C12H14FNO3/c1-8-7-14(5-6-17-8)11-9(12(15)16)3-2-4-10(11)13/h2-4,8H,5-7H2,1H3,(H,15,16). The predicted molar refractivity (Wildman–Crippen MR) is 61.0 cm³/mol. The predicted octanol–water partition coefficient (Wildman–Crippen LogP) is 1.75. The van der Waals surface area contributed by atoms with Crippen LogP contribution < -0.4 is 4.90 Å². The van der Waals surface area contributed by atoms with Crippen LogP contribution in [0.2, 0.25) is 0 Å². The first-order valence-corrected chi connectivity index (χ1v) is 5.48. The highest BCUT2D eigenvalue weighted by atomic mass is 19.1. The maximum atomic E-state index is 13.8. The molecule has 1 aromatic carbocycles. The second kappa shape index (κ2) is 4.71. The molecule has 0 amide bonds. The van der Waals surface area contributed by atoms with Crippen molar-refractivity contribution in [3.8, 4) is 0 Å². The molecule has 1 heterocycles. The molecule has 1 atom stereocenters. The van der Waals surface area contributed by atoms with E-state index in [0.717, 1.165) is 0 Å². The second-order valence-corrected chi connectivity index (χ2v) is 4.07. The van der Waals surface area contributed by atoms with Gasteiger partial charge in [0.1, 0.15) is 5.82 Å². The van der Waals surface area contributed by atoms with Gasteiger partial charge in [-0.3, -0.25) is 0 Å². The van der Waals surface area contributed by atoms with E-state index in [4.69, 9.17) is 9.84 Å². The number of ether oxygens (including phenoxy) is 1. The number of para-hydroxylation sites is 1. The third-order valence-electron chi connectivity index (χ3n) is 2.77. The molecule has 1 aromatic rings. The van der Waals surface area contributed by atoms with Gasteiger partial charge in [0.15, 0.2) is 0 Å². The van der Waals surface area contributed by atoms with E-state index in [-0.39, 0.29) is 17.4 Å². The Morgan fingerprint density at radius 2 is 2.35 bits per heavy atom. The summed E-state index contributed by atoms with van der Waals surface area (Å²) in [5.74, 6) is -1.61. The molecule has 1 aliphatic rings. The number of rotatable bonds is 2. The molecular formula is C12H14FNO3.